The van der Waals surface area contributed by atoms with Gasteiger partial charge in [0.1, 0.15) is 48.8 Å². The number of carbonyl (C=O) groups is 1. The summed E-state index contributed by atoms with van der Waals surface area (Å²) in [7, 11) is 0. The second kappa shape index (κ2) is 47.9. The molecule has 2 rings (SSSR count). The lowest BCUT2D eigenvalue weighted by molar-refractivity contribution is -0.359. The molecule has 444 valence electrons. The highest BCUT2D eigenvalue weighted by atomic mass is 16.7. The first-order valence-electron chi connectivity index (χ1n) is 30.3. The molecule has 14 nitrogen and oxygen atoms in total. The van der Waals surface area contributed by atoms with Crippen molar-refractivity contribution in [1.29, 1.82) is 0 Å². The van der Waals surface area contributed by atoms with Gasteiger partial charge in [-0.25, -0.2) is 0 Å². The van der Waals surface area contributed by atoms with Crippen LogP contribution in [0.15, 0.2) is 85.1 Å². The summed E-state index contributed by atoms with van der Waals surface area (Å²) >= 11 is 0. The van der Waals surface area contributed by atoms with Crippen LogP contribution in [0, 0.1) is 0 Å². The van der Waals surface area contributed by atoms with Crippen LogP contribution in [0.2, 0.25) is 0 Å². The first kappa shape index (κ1) is 70.3. The van der Waals surface area contributed by atoms with Crippen LogP contribution in [0.4, 0.5) is 0 Å². The number of hydrogen-bond acceptors (Lipinski definition) is 13. The molecule has 2 heterocycles. The monoisotopic (exact) mass is 1090 g/mol. The summed E-state index contributed by atoms with van der Waals surface area (Å²) < 4.78 is 22.8. The Balaban J connectivity index is 1.80. The third-order valence-electron chi connectivity index (χ3n) is 14.3. The van der Waals surface area contributed by atoms with Crippen molar-refractivity contribution in [3.05, 3.63) is 85.1 Å². The lowest BCUT2D eigenvalue weighted by Crippen LogP contribution is -2.65. The van der Waals surface area contributed by atoms with Gasteiger partial charge in [0.05, 0.1) is 32.0 Å². The van der Waals surface area contributed by atoms with Crippen LogP contribution in [-0.4, -0.2) is 140 Å². The van der Waals surface area contributed by atoms with Gasteiger partial charge in [0, 0.05) is 6.42 Å². The van der Waals surface area contributed by atoms with Crippen molar-refractivity contribution in [2.75, 3.05) is 19.8 Å². The Labute approximate surface area is 465 Å². The molecule has 0 aromatic carbocycles. The van der Waals surface area contributed by atoms with Crippen molar-refractivity contribution >= 4 is 5.91 Å². The molecule has 12 atom stereocenters. The molecule has 0 radical (unpaired) electrons. The van der Waals surface area contributed by atoms with E-state index < -0.39 is 86.8 Å². The number of aliphatic hydroxyl groups excluding tert-OH is 8. The summed E-state index contributed by atoms with van der Waals surface area (Å²) in [5.74, 6) is -0.270. The van der Waals surface area contributed by atoms with Crippen molar-refractivity contribution in [2.24, 2.45) is 0 Å². The molecule has 0 aliphatic carbocycles. The number of ether oxygens (including phenoxy) is 4. The number of allylic oxidation sites excluding steroid dienone is 13. The van der Waals surface area contributed by atoms with Crippen LogP contribution < -0.4 is 5.32 Å². The average molecular weight is 1090 g/mol. The third-order valence-corrected chi connectivity index (χ3v) is 14.3. The number of aliphatic hydroxyl groups is 8. The predicted molar refractivity (Wildman–Crippen MR) is 309 cm³/mol. The second-order valence-electron chi connectivity index (χ2n) is 21.1. The Kier molecular flexibility index (Phi) is 43.7. The van der Waals surface area contributed by atoms with E-state index in [9.17, 15) is 45.6 Å². The van der Waals surface area contributed by atoms with E-state index in [1.54, 1.807) is 6.08 Å². The standard InChI is InChI=1S/C63H109NO13/c1-3-5-7-9-11-13-15-17-19-21-23-25-27-28-30-32-34-36-38-40-42-44-46-52(67)51(50-74-62-60(73)58(71)61(54(49-66)76-62)77-63-59(72)57(70)56(69)53(48-65)75-63)64-55(68)47-45-43-41-39-37-35-33-31-29-26-24-22-20-18-16-14-12-10-8-6-4-2/h6,8,12,14,18,20,24,26,31,33,36,38,44,46,51-54,56-63,65-67,69-73H,3-5,7,9-11,13,15-17,19,21-23,25,27-30,32,34-35,37,39-43,45,47-50H2,1-2H3,(H,64,68)/b8-6-,14-12-,20-18-,26-24-,33-31-,38-36+,46-44+. The fourth-order valence-electron chi connectivity index (χ4n) is 9.45. The van der Waals surface area contributed by atoms with Gasteiger partial charge < -0.3 is 65.1 Å². The highest BCUT2D eigenvalue weighted by Crippen LogP contribution is 2.30. The zero-order chi connectivity index (χ0) is 56.0. The molecule has 2 saturated heterocycles. The number of hydrogen-bond donors (Lipinski definition) is 9. The molecule has 0 saturated carbocycles. The molecule has 1 amide bonds. The van der Waals surface area contributed by atoms with Gasteiger partial charge in [-0.3, -0.25) is 4.79 Å². The number of rotatable bonds is 47. The van der Waals surface area contributed by atoms with E-state index in [-0.39, 0.29) is 18.9 Å². The van der Waals surface area contributed by atoms with Crippen molar-refractivity contribution in [3.63, 3.8) is 0 Å². The van der Waals surface area contributed by atoms with Crippen molar-refractivity contribution < 1.29 is 64.6 Å². The van der Waals surface area contributed by atoms with Crippen LogP contribution >= 0.6 is 0 Å². The quantitative estimate of drug-likeness (QED) is 0.0204. The maximum Gasteiger partial charge on any atom is 0.220 e. The van der Waals surface area contributed by atoms with Crippen LogP contribution in [0.1, 0.15) is 213 Å². The third kappa shape index (κ3) is 33.5. The lowest BCUT2D eigenvalue weighted by atomic mass is 9.97. The maximum absolute atomic E-state index is 13.3. The summed E-state index contributed by atoms with van der Waals surface area (Å²) in [6, 6.07) is -0.948. The zero-order valence-corrected chi connectivity index (χ0v) is 47.7. The van der Waals surface area contributed by atoms with E-state index in [2.05, 4.69) is 92.1 Å². The topological polar surface area (TPSA) is 228 Å². The molecular weight excluding hydrogens is 979 g/mol. The highest BCUT2D eigenvalue weighted by Gasteiger charge is 2.51. The first-order valence-corrected chi connectivity index (χ1v) is 30.3. The van der Waals surface area contributed by atoms with Gasteiger partial charge >= 0.3 is 0 Å². The molecule has 2 aliphatic heterocycles. The minimum Gasteiger partial charge on any atom is -0.394 e. The fraction of sp³-hybridized carbons (Fsp3) is 0.762. The Hall–Kier alpha value is -2.83. The summed E-state index contributed by atoms with van der Waals surface area (Å²) in [6.45, 7) is 2.65. The fourth-order valence-corrected chi connectivity index (χ4v) is 9.45. The highest BCUT2D eigenvalue weighted by molar-refractivity contribution is 5.76. The molecule has 9 N–H and O–H groups in total. The molecule has 0 aromatic rings. The smallest absolute Gasteiger partial charge is 0.220 e. The van der Waals surface area contributed by atoms with Crippen LogP contribution in [0.3, 0.4) is 0 Å². The van der Waals surface area contributed by atoms with Gasteiger partial charge in [0.15, 0.2) is 12.6 Å². The van der Waals surface area contributed by atoms with Gasteiger partial charge in [-0.05, 0) is 77.0 Å². The van der Waals surface area contributed by atoms with Crippen molar-refractivity contribution in [1.82, 2.24) is 5.32 Å². The van der Waals surface area contributed by atoms with Gasteiger partial charge in [0.2, 0.25) is 5.91 Å². The number of unbranched alkanes of at least 4 members (excludes halogenated alkanes) is 22. The van der Waals surface area contributed by atoms with Gasteiger partial charge in [-0.1, -0.05) is 214 Å². The predicted octanol–water partition coefficient (Wildman–Crippen LogP) is 10.5. The van der Waals surface area contributed by atoms with E-state index in [4.69, 9.17) is 18.9 Å². The summed E-state index contributed by atoms with van der Waals surface area (Å²) in [6.07, 6.45) is 47.6. The zero-order valence-electron chi connectivity index (χ0n) is 47.7. The van der Waals surface area contributed by atoms with Crippen LogP contribution in [0.5, 0.6) is 0 Å². The van der Waals surface area contributed by atoms with Gasteiger partial charge in [-0.15, -0.1) is 0 Å². The van der Waals surface area contributed by atoms with Crippen molar-refractivity contribution in [3.8, 4) is 0 Å². The normalized spacial score (nSPS) is 25.3. The maximum atomic E-state index is 13.3. The molecule has 12 unspecified atom stereocenters. The molecule has 77 heavy (non-hydrogen) atoms. The van der Waals surface area contributed by atoms with E-state index in [1.165, 1.54) is 103 Å². The van der Waals surface area contributed by atoms with Crippen LogP contribution in [0.25, 0.3) is 0 Å². The molecule has 0 spiro atoms. The Bertz CT molecular complexity index is 1610. The summed E-state index contributed by atoms with van der Waals surface area (Å²) in [5, 5.41) is 87.1. The average Bonchev–Trinajstić information content (AvgIpc) is 3.44. The Morgan fingerprint density at radius 1 is 0.481 bits per heavy atom. The van der Waals surface area contributed by atoms with E-state index in [1.807, 2.05) is 6.08 Å². The largest absolute Gasteiger partial charge is 0.394 e. The Morgan fingerprint density at radius 2 is 0.909 bits per heavy atom. The van der Waals surface area contributed by atoms with Gasteiger partial charge in [0.25, 0.3) is 0 Å². The van der Waals surface area contributed by atoms with Crippen LogP contribution in [-0.2, 0) is 23.7 Å². The van der Waals surface area contributed by atoms with Gasteiger partial charge in [-0.2, -0.15) is 0 Å². The minimum atomic E-state index is -1.80. The van der Waals surface area contributed by atoms with E-state index in [0.29, 0.717) is 12.8 Å². The molecule has 0 aromatic heterocycles. The molecular formula is C63H109NO13. The summed E-state index contributed by atoms with van der Waals surface area (Å²) in [5.41, 5.74) is 0. The second-order valence-corrected chi connectivity index (χ2v) is 21.1. The molecule has 14 heteroatoms. The van der Waals surface area contributed by atoms with E-state index >= 15 is 0 Å². The molecule has 0 bridgehead atoms. The number of nitrogens with one attached hydrogen (secondary N) is 1. The molecule has 2 fully saturated rings. The first-order chi connectivity index (χ1) is 37.6. The summed E-state index contributed by atoms with van der Waals surface area (Å²) in [4.78, 5) is 13.3. The number of amides is 1. The SMILES string of the molecule is CC/C=C\C/C=C\C/C=C\C/C=C\C/C=C\CCCCCCCC(=O)NC(COC1OC(CO)C(OC2OC(CO)C(O)C(O)C2O)C(O)C1O)C(O)/C=C/CC/C=C/CCCCCCCCCCCCCCCCCC. The van der Waals surface area contributed by atoms with E-state index in [0.717, 1.165) is 77.0 Å². The Morgan fingerprint density at radius 3 is 1.43 bits per heavy atom. The lowest BCUT2D eigenvalue weighted by Gasteiger charge is -2.46. The molecule has 2 aliphatic rings. The minimum absolute atomic E-state index is 0.247. The number of carbonyl (C=O) groups excluding carboxylic acids is 1. The van der Waals surface area contributed by atoms with Crippen molar-refractivity contribution in [2.45, 2.75) is 286 Å².